The topological polar surface area (TPSA) is 84.4 Å². The number of likely N-dealkylation sites (tertiary alicyclic amines) is 1. The van der Waals surface area contributed by atoms with Gasteiger partial charge in [-0.1, -0.05) is 0 Å². The number of carbonyl (C=O) groups excluding carboxylic acids is 2. The van der Waals surface area contributed by atoms with Gasteiger partial charge in [-0.05, 0) is 19.3 Å². The number of aromatic nitrogens is 2. The molecule has 2 aliphatic rings. The van der Waals surface area contributed by atoms with Gasteiger partial charge in [0, 0.05) is 45.1 Å². The van der Waals surface area contributed by atoms with Crippen molar-refractivity contribution in [1.29, 1.82) is 0 Å². The van der Waals surface area contributed by atoms with Gasteiger partial charge in [0.15, 0.2) is 0 Å². The first-order chi connectivity index (χ1) is 10.6. The van der Waals surface area contributed by atoms with Gasteiger partial charge in [-0.3, -0.25) is 14.6 Å². The van der Waals surface area contributed by atoms with Crippen LogP contribution in [-0.4, -0.2) is 58.0 Å². The van der Waals surface area contributed by atoms with E-state index in [1.165, 1.54) is 18.6 Å². The third-order valence-corrected chi connectivity index (χ3v) is 4.39. The Bertz CT molecular complexity index is 565. The number of rotatable bonds is 2. The molecular formula is C15H20N4O3. The van der Waals surface area contributed by atoms with Crippen LogP contribution in [0, 0.1) is 0 Å². The van der Waals surface area contributed by atoms with E-state index in [4.69, 9.17) is 4.74 Å². The molecule has 118 valence electrons. The summed E-state index contributed by atoms with van der Waals surface area (Å²) >= 11 is 0. The van der Waals surface area contributed by atoms with Crippen molar-refractivity contribution >= 4 is 11.8 Å². The third-order valence-electron chi connectivity index (χ3n) is 4.39. The van der Waals surface area contributed by atoms with E-state index >= 15 is 0 Å². The molecule has 7 heteroatoms. The van der Waals surface area contributed by atoms with Crippen LogP contribution in [0.5, 0.6) is 0 Å². The molecule has 1 spiro atoms. The van der Waals surface area contributed by atoms with Gasteiger partial charge in [0.1, 0.15) is 5.69 Å². The molecule has 0 aromatic carbocycles. The zero-order valence-electron chi connectivity index (χ0n) is 12.6. The number of carbonyl (C=O) groups is 2. The average Bonchev–Trinajstić information content (AvgIpc) is 2.92. The third kappa shape index (κ3) is 3.09. The maximum Gasteiger partial charge on any atom is 0.271 e. The van der Waals surface area contributed by atoms with Gasteiger partial charge < -0.3 is 15.0 Å². The molecule has 0 unspecified atom stereocenters. The smallest absolute Gasteiger partial charge is 0.271 e. The van der Waals surface area contributed by atoms with Crippen LogP contribution in [0.3, 0.4) is 0 Å². The fraction of sp³-hybridized carbons (Fsp3) is 0.600. The molecule has 3 heterocycles. The number of ether oxygens (including phenoxy) is 1. The first-order valence-electron chi connectivity index (χ1n) is 7.54. The molecule has 1 N–H and O–H groups in total. The maximum atomic E-state index is 12.2. The predicted molar refractivity (Wildman–Crippen MR) is 78.1 cm³/mol. The van der Waals surface area contributed by atoms with Gasteiger partial charge in [0.25, 0.3) is 5.91 Å². The zero-order valence-corrected chi connectivity index (χ0v) is 12.6. The summed E-state index contributed by atoms with van der Waals surface area (Å²) in [5.41, 5.74) is 0.00404. The second kappa shape index (κ2) is 6.00. The predicted octanol–water partition coefficient (Wildman–Crippen LogP) is 0.376. The SMILES string of the molecule is CC(=O)N1CC[C@]2(C[C@@H](NC(=O)c3cnccn3)CCO2)C1. The monoisotopic (exact) mass is 304 g/mol. The van der Waals surface area contributed by atoms with Gasteiger partial charge in [0.05, 0.1) is 11.8 Å². The molecule has 1 aromatic rings. The normalized spacial score (nSPS) is 27.9. The van der Waals surface area contributed by atoms with Crippen LogP contribution >= 0.6 is 0 Å². The maximum absolute atomic E-state index is 12.2. The van der Waals surface area contributed by atoms with Gasteiger partial charge in [-0.25, -0.2) is 4.98 Å². The number of nitrogens with zero attached hydrogens (tertiary/aromatic N) is 3. The summed E-state index contributed by atoms with van der Waals surface area (Å²) in [6.45, 7) is 3.51. The van der Waals surface area contributed by atoms with Crippen molar-refractivity contribution in [2.75, 3.05) is 19.7 Å². The van der Waals surface area contributed by atoms with E-state index in [9.17, 15) is 9.59 Å². The Labute approximate surface area is 129 Å². The molecule has 2 aliphatic heterocycles. The molecule has 7 nitrogen and oxygen atoms in total. The average molecular weight is 304 g/mol. The van der Waals surface area contributed by atoms with Gasteiger partial charge in [0.2, 0.25) is 5.91 Å². The Balaban J connectivity index is 1.62. The molecule has 2 saturated heterocycles. The molecule has 0 aliphatic carbocycles. The van der Waals surface area contributed by atoms with E-state index in [0.717, 1.165) is 25.8 Å². The Morgan fingerprint density at radius 1 is 1.45 bits per heavy atom. The summed E-state index contributed by atoms with van der Waals surface area (Å²) < 4.78 is 5.95. The molecule has 0 saturated carbocycles. The Morgan fingerprint density at radius 3 is 3.00 bits per heavy atom. The van der Waals surface area contributed by atoms with Crippen LogP contribution in [0.4, 0.5) is 0 Å². The van der Waals surface area contributed by atoms with Crippen molar-refractivity contribution in [2.45, 2.75) is 37.8 Å². The standard InChI is InChI=1S/C15H20N4O3/c1-11(20)19-6-3-15(10-19)8-12(2-7-22-15)18-14(21)13-9-16-4-5-17-13/h4-5,9,12H,2-3,6-8,10H2,1H3,(H,18,21)/t12-,15-/m0/s1. The quantitative estimate of drug-likeness (QED) is 0.853. The van der Waals surface area contributed by atoms with E-state index in [0.29, 0.717) is 18.8 Å². The summed E-state index contributed by atoms with van der Waals surface area (Å²) in [6, 6.07) is 0.0372. The lowest BCUT2D eigenvalue weighted by Crippen LogP contribution is -2.50. The first kappa shape index (κ1) is 14.9. The van der Waals surface area contributed by atoms with Crippen LogP contribution in [-0.2, 0) is 9.53 Å². The summed E-state index contributed by atoms with van der Waals surface area (Å²) in [4.78, 5) is 33.4. The van der Waals surface area contributed by atoms with Crippen molar-refractivity contribution in [1.82, 2.24) is 20.2 Å². The van der Waals surface area contributed by atoms with Crippen LogP contribution in [0.15, 0.2) is 18.6 Å². The zero-order chi connectivity index (χ0) is 15.6. The largest absolute Gasteiger partial charge is 0.373 e. The lowest BCUT2D eigenvalue weighted by Gasteiger charge is -2.38. The van der Waals surface area contributed by atoms with Crippen molar-refractivity contribution in [2.24, 2.45) is 0 Å². The molecule has 0 bridgehead atoms. The highest BCUT2D eigenvalue weighted by molar-refractivity contribution is 5.92. The molecule has 0 radical (unpaired) electrons. The van der Waals surface area contributed by atoms with E-state index in [-0.39, 0.29) is 23.5 Å². The lowest BCUT2D eigenvalue weighted by molar-refractivity contribution is -0.130. The van der Waals surface area contributed by atoms with Crippen molar-refractivity contribution in [3.8, 4) is 0 Å². The van der Waals surface area contributed by atoms with Gasteiger partial charge in [-0.2, -0.15) is 0 Å². The van der Waals surface area contributed by atoms with Crippen LogP contribution < -0.4 is 5.32 Å². The van der Waals surface area contributed by atoms with Crippen molar-refractivity contribution in [3.63, 3.8) is 0 Å². The van der Waals surface area contributed by atoms with Crippen LogP contribution in [0.1, 0.15) is 36.7 Å². The molecule has 22 heavy (non-hydrogen) atoms. The van der Waals surface area contributed by atoms with Gasteiger partial charge in [-0.15, -0.1) is 0 Å². The van der Waals surface area contributed by atoms with Crippen molar-refractivity contribution in [3.05, 3.63) is 24.3 Å². The summed E-state index contributed by atoms with van der Waals surface area (Å²) in [5, 5.41) is 3.01. The Hall–Kier alpha value is -2.02. The molecule has 1 aromatic heterocycles. The Kier molecular flexibility index (Phi) is 4.06. The first-order valence-corrected chi connectivity index (χ1v) is 7.54. The van der Waals surface area contributed by atoms with Crippen molar-refractivity contribution < 1.29 is 14.3 Å². The fourth-order valence-corrected chi connectivity index (χ4v) is 3.22. The van der Waals surface area contributed by atoms with E-state index in [2.05, 4.69) is 15.3 Å². The highest BCUT2D eigenvalue weighted by Crippen LogP contribution is 2.34. The van der Waals surface area contributed by atoms with Crippen LogP contribution in [0.25, 0.3) is 0 Å². The molecule has 2 fully saturated rings. The number of amides is 2. The van der Waals surface area contributed by atoms with E-state index in [1.54, 1.807) is 6.92 Å². The minimum atomic E-state index is -0.315. The highest BCUT2D eigenvalue weighted by atomic mass is 16.5. The lowest BCUT2D eigenvalue weighted by atomic mass is 9.89. The number of hydrogen-bond donors (Lipinski definition) is 1. The minimum absolute atomic E-state index is 0.0372. The molecular weight excluding hydrogens is 284 g/mol. The molecule has 2 atom stereocenters. The summed E-state index contributed by atoms with van der Waals surface area (Å²) in [7, 11) is 0. The van der Waals surface area contributed by atoms with Crippen LogP contribution in [0.2, 0.25) is 0 Å². The highest BCUT2D eigenvalue weighted by Gasteiger charge is 2.44. The van der Waals surface area contributed by atoms with E-state index in [1.807, 2.05) is 4.90 Å². The summed E-state index contributed by atoms with van der Waals surface area (Å²) in [6.07, 6.45) is 6.81. The van der Waals surface area contributed by atoms with E-state index < -0.39 is 0 Å². The minimum Gasteiger partial charge on any atom is -0.373 e. The second-order valence-electron chi connectivity index (χ2n) is 5.98. The second-order valence-corrected chi connectivity index (χ2v) is 5.98. The Morgan fingerprint density at radius 2 is 2.32 bits per heavy atom. The molecule has 3 rings (SSSR count). The fourth-order valence-electron chi connectivity index (χ4n) is 3.22. The summed E-state index contributed by atoms with van der Waals surface area (Å²) in [5.74, 6) is -0.136. The number of nitrogens with one attached hydrogen (secondary N) is 1. The number of hydrogen-bond acceptors (Lipinski definition) is 5. The molecule has 2 amide bonds. The van der Waals surface area contributed by atoms with Gasteiger partial charge >= 0.3 is 0 Å².